The van der Waals surface area contributed by atoms with Crippen molar-refractivity contribution in [1.82, 2.24) is 10.2 Å². The number of aromatic nitrogens is 2. The van der Waals surface area contributed by atoms with Crippen molar-refractivity contribution in [2.24, 2.45) is 16.3 Å². The Morgan fingerprint density at radius 1 is 1.21 bits per heavy atom. The molecule has 150 valence electrons. The summed E-state index contributed by atoms with van der Waals surface area (Å²) in [6.07, 6.45) is 2.86. The molecule has 4 rings (SSSR count). The summed E-state index contributed by atoms with van der Waals surface area (Å²) in [5, 5.41) is 7.32. The number of nitrogens with one attached hydrogen (secondary N) is 1. The van der Waals surface area contributed by atoms with Gasteiger partial charge in [0.25, 0.3) is 0 Å². The Morgan fingerprint density at radius 3 is 2.62 bits per heavy atom. The number of benzene rings is 1. The van der Waals surface area contributed by atoms with E-state index in [4.69, 9.17) is 9.73 Å². The Balaban J connectivity index is 1.92. The summed E-state index contributed by atoms with van der Waals surface area (Å²) in [6.45, 7) is 6.00. The molecule has 0 spiro atoms. The molecular formula is C23H25N3O3. The summed E-state index contributed by atoms with van der Waals surface area (Å²) in [4.78, 5) is 30.7. The summed E-state index contributed by atoms with van der Waals surface area (Å²) >= 11 is 0. The lowest BCUT2D eigenvalue weighted by Crippen LogP contribution is -2.39. The number of carbonyl (C=O) groups excluding carboxylic acids is 2. The fourth-order valence-corrected chi connectivity index (χ4v) is 4.58. The average Bonchev–Trinajstić information content (AvgIpc) is 3.15. The minimum atomic E-state index is -0.649. The highest BCUT2D eigenvalue weighted by Gasteiger charge is 2.46. The fraction of sp³-hybridized carbons (Fsp3) is 0.391. The van der Waals surface area contributed by atoms with Crippen molar-refractivity contribution < 1.29 is 14.3 Å². The first-order valence-electron chi connectivity index (χ1n) is 9.80. The Bertz CT molecular complexity index is 1030. The molecule has 1 aromatic carbocycles. The van der Waals surface area contributed by atoms with Crippen LogP contribution >= 0.6 is 0 Å². The van der Waals surface area contributed by atoms with E-state index in [1.165, 1.54) is 7.11 Å². The topological polar surface area (TPSA) is 84.4 Å². The highest BCUT2D eigenvalue weighted by molar-refractivity contribution is 6.09. The molecule has 6 heteroatoms. The van der Waals surface area contributed by atoms with Crippen molar-refractivity contribution in [2.45, 2.75) is 39.5 Å². The zero-order valence-electron chi connectivity index (χ0n) is 17.2. The molecule has 0 bridgehead atoms. The van der Waals surface area contributed by atoms with Gasteiger partial charge in [0.1, 0.15) is 5.92 Å². The van der Waals surface area contributed by atoms with E-state index in [0.29, 0.717) is 24.1 Å². The summed E-state index contributed by atoms with van der Waals surface area (Å²) in [6, 6.07) is 9.81. The lowest BCUT2D eigenvalue weighted by atomic mass is 9.66. The number of Topliss-reactive ketones (excluding diaryl/α,β-unsaturated/α-hetero) is 1. The monoisotopic (exact) mass is 391 g/mol. The first-order chi connectivity index (χ1) is 13.8. The lowest BCUT2D eigenvalue weighted by molar-refractivity contribution is -0.143. The normalized spacial score (nSPS) is 23.4. The first kappa shape index (κ1) is 19.3. The molecule has 2 atom stereocenters. The number of H-pyrrole nitrogens is 1. The molecule has 1 N–H and O–H groups in total. The van der Waals surface area contributed by atoms with Crippen LogP contribution < -0.4 is 0 Å². The number of carbonyl (C=O) groups is 2. The zero-order chi connectivity index (χ0) is 20.8. The van der Waals surface area contributed by atoms with Crippen LogP contribution in [0.5, 0.6) is 0 Å². The molecule has 2 heterocycles. The molecule has 0 saturated heterocycles. The quantitative estimate of drug-likeness (QED) is 0.800. The zero-order valence-corrected chi connectivity index (χ0v) is 17.2. The number of methoxy groups -OCH3 is 1. The van der Waals surface area contributed by atoms with E-state index in [1.54, 1.807) is 6.20 Å². The number of ether oxygens (including phenoxy) is 1. The molecule has 1 aromatic heterocycles. The van der Waals surface area contributed by atoms with Gasteiger partial charge in [0.15, 0.2) is 5.78 Å². The molecular weight excluding hydrogens is 366 g/mol. The van der Waals surface area contributed by atoms with E-state index in [2.05, 4.69) is 24.0 Å². The molecule has 0 fully saturated rings. The summed E-state index contributed by atoms with van der Waals surface area (Å²) in [5.74, 6) is -1.45. The van der Waals surface area contributed by atoms with Crippen LogP contribution in [0.3, 0.4) is 0 Å². The van der Waals surface area contributed by atoms with Gasteiger partial charge in [-0.3, -0.25) is 19.7 Å². The number of rotatable bonds is 3. The number of aliphatic imine (C=N–C) groups is 1. The van der Waals surface area contributed by atoms with Crippen molar-refractivity contribution >= 4 is 17.5 Å². The van der Waals surface area contributed by atoms with Gasteiger partial charge in [-0.05, 0) is 24.3 Å². The summed E-state index contributed by atoms with van der Waals surface area (Å²) < 4.78 is 5.11. The number of allylic oxidation sites excluding steroid dienone is 2. The van der Waals surface area contributed by atoms with Gasteiger partial charge in [-0.2, -0.15) is 5.10 Å². The van der Waals surface area contributed by atoms with Gasteiger partial charge >= 0.3 is 5.97 Å². The number of aromatic amines is 1. The second-order valence-corrected chi connectivity index (χ2v) is 8.60. The molecule has 1 unspecified atom stereocenters. The number of nitrogens with zero attached hydrogens (tertiary/aromatic N) is 2. The maximum Gasteiger partial charge on any atom is 0.315 e. The molecule has 6 nitrogen and oxygen atoms in total. The second kappa shape index (κ2) is 7.10. The van der Waals surface area contributed by atoms with Gasteiger partial charge in [-0.15, -0.1) is 0 Å². The van der Waals surface area contributed by atoms with E-state index in [9.17, 15) is 9.59 Å². The van der Waals surface area contributed by atoms with E-state index in [-0.39, 0.29) is 17.2 Å². The van der Waals surface area contributed by atoms with Gasteiger partial charge in [-0.1, -0.05) is 44.2 Å². The minimum Gasteiger partial charge on any atom is -0.468 e. The third-order valence-corrected chi connectivity index (χ3v) is 5.82. The van der Waals surface area contributed by atoms with Crippen LogP contribution in [0.4, 0.5) is 0 Å². The predicted octanol–water partition coefficient (Wildman–Crippen LogP) is 4.07. The Morgan fingerprint density at radius 2 is 1.93 bits per heavy atom. The molecule has 29 heavy (non-hydrogen) atoms. The maximum atomic E-state index is 13.3. The first-order valence-corrected chi connectivity index (χ1v) is 9.80. The lowest BCUT2D eigenvalue weighted by Gasteiger charge is -2.38. The highest BCUT2D eigenvalue weighted by Crippen LogP contribution is 2.49. The van der Waals surface area contributed by atoms with Gasteiger partial charge in [-0.25, -0.2) is 0 Å². The minimum absolute atomic E-state index is 0.0478. The number of esters is 1. The number of hydrogen-bond donors (Lipinski definition) is 1. The average molecular weight is 391 g/mol. The van der Waals surface area contributed by atoms with Gasteiger partial charge in [0, 0.05) is 34.9 Å². The highest BCUT2D eigenvalue weighted by atomic mass is 16.5. The second-order valence-electron chi connectivity index (χ2n) is 8.60. The van der Waals surface area contributed by atoms with Gasteiger partial charge in [0.05, 0.1) is 19.0 Å². The standard InChI is InChI=1S/C23H25N3O3/c1-13-18(22(28)29-4)19(20-16(25-13)10-23(2,3)11-17(20)27)15-12-24-26-21(15)14-8-6-5-7-9-14/h5-9,12,18-19H,10-11H2,1-4H3,(H,24,26)/t18?,19-/m1/s1. The van der Waals surface area contributed by atoms with Crippen LogP contribution in [0.1, 0.15) is 45.1 Å². The molecule has 0 amide bonds. The number of hydrogen-bond acceptors (Lipinski definition) is 5. The maximum absolute atomic E-state index is 13.3. The van der Waals surface area contributed by atoms with Crippen LogP contribution in [0.15, 0.2) is 52.8 Å². The SMILES string of the molecule is COC(=O)C1C(C)=NC2=C(C(=O)CC(C)(C)C2)[C@@H]1c1cn[nH]c1-c1ccccc1. The summed E-state index contributed by atoms with van der Waals surface area (Å²) in [5.41, 5.74) is 4.52. The molecule has 2 aliphatic rings. The van der Waals surface area contributed by atoms with Crippen LogP contribution in [0.25, 0.3) is 11.3 Å². The molecule has 0 saturated carbocycles. The van der Waals surface area contributed by atoms with Gasteiger partial charge in [0.2, 0.25) is 0 Å². The third-order valence-electron chi connectivity index (χ3n) is 5.82. The van der Waals surface area contributed by atoms with Crippen molar-refractivity contribution in [3.05, 3.63) is 53.4 Å². The Hall–Kier alpha value is -3.02. The third kappa shape index (κ3) is 3.33. The van der Waals surface area contributed by atoms with Crippen LogP contribution in [0.2, 0.25) is 0 Å². The van der Waals surface area contributed by atoms with Crippen molar-refractivity contribution in [3.63, 3.8) is 0 Å². The van der Waals surface area contributed by atoms with E-state index < -0.39 is 11.8 Å². The van der Waals surface area contributed by atoms with E-state index in [0.717, 1.165) is 22.5 Å². The van der Waals surface area contributed by atoms with Gasteiger partial charge < -0.3 is 4.74 Å². The van der Waals surface area contributed by atoms with E-state index >= 15 is 0 Å². The Kier molecular flexibility index (Phi) is 4.73. The predicted molar refractivity (Wildman–Crippen MR) is 110 cm³/mol. The van der Waals surface area contributed by atoms with Crippen molar-refractivity contribution in [2.75, 3.05) is 7.11 Å². The van der Waals surface area contributed by atoms with Crippen molar-refractivity contribution in [3.8, 4) is 11.3 Å². The smallest absolute Gasteiger partial charge is 0.315 e. The molecule has 2 aromatic rings. The van der Waals surface area contributed by atoms with Crippen molar-refractivity contribution in [1.29, 1.82) is 0 Å². The van der Waals surface area contributed by atoms with E-state index in [1.807, 2.05) is 37.3 Å². The molecule has 0 radical (unpaired) electrons. The molecule has 1 aliphatic carbocycles. The molecule has 1 aliphatic heterocycles. The van der Waals surface area contributed by atoms with Crippen LogP contribution in [0, 0.1) is 11.3 Å². The number of ketones is 1. The fourth-order valence-electron chi connectivity index (χ4n) is 4.58. The summed E-state index contributed by atoms with van der Waals surface area (Å²) in [7, 11) is 1.37. The van der Waals surface area contributed by atoms with Crippen LogP contribution in [-0.4, -0.2) is 34.8 Å². The van der Waals surface area contributed by atoms with Crippen LogP contribution in [-0.2, 0) is 14.3 Å². The largest absolute Gasteiger partial charge is 0.468 e. The Labute approximate surface area is 170 Å².